The van der Waals surface area contributed by atoms with Gasteiger partial charge in [-0.3, -0.25) is 9.78 Å². The van der Waals surface area contributed by atoms with Crippen LogP contribution in [0.5, 0.6) is 11.6 Å². The molecule has 0 saturated heterocycles. The highest BCUT2D eigenvalue weighted by atomic mass is 19.1. The van der Waals surface area contributed by atoms with Gasteiger partial charge in [-0.05, 0) is 43.7 Å². The van der Waals surface area contributed by atoms with Crippen LogP contribution in [0.15, 0.2) is 60.9 Å². The van der Waals surface area contributed by atoms with Gasteiger partial charge in [-0.1, -0.05) is 12.1 Å². The Balaban J connectivity index is 1.64. The van der Waals surface area contributed by atoms with Crippen LogP contribution >= 0.6 is 0 Å². The number of amides is 1. The van der Waals surface area contributed by atoms with E-state index in [-0.39, 0.29) is 23.8 Å². The van der Waals surface area contributed by atoms with Crippen LogP contribution in [0.4, 0.5) is 15.8 Å². The quantitative estimate of drug-likeness (QED) is 0.397. The minimum absolute atomic E-state index is 0.0148. The number of hydrogen-bond acceptors (Lipinski definition) is 6. The SMILES string of the molecule is COc1c(F)cccc1Nc1c2cn3c1C(=O)NC[C@@H]3C/C=C\[C@@H](C)Oc1ccc3nccc-2c3n1. The maximum atomic E-state index is 14.5. The zero-order chi connectivity index (χ0) is 24.8. The molecule has 1 amide bonds. The third kappa shape index (κ3) is 3.64. The molecule has 8 nitrogen and oxygen atoms in total. The highest BCUT2D eigenvalue weighted by Crippen LogP contribution is 2.42. The Morgan fingerprint density at radius 3 is 2.97 bits per heavy atom. The molecule has 2 aliphatic rings. The van der Waals surface area contributed by atoms with Crippen LogP contribution in [-0.4, -0.2) is 40.2 Å². The van der Waals surface area contributed by atoms with Gasteiger partial charge in [0.25, 0.3) is 5.91 Å². The number of methoxy groups -OCH3 is 1. The van der Waals surface area contributed by atoms with E-state index < -0.39 is 5.82 Å². The number of pyridine rings is 2. The first-order valence-corrected chi connectivity index (χ1v) is 11.8. The Hall–Kier alpha value is -4.40. The summed E-state index contributed by atoms with van der Waals surface area (Å²) in [4.78, 5) is 22.5. The third-order valence-corrected chi connectivity index (χ3v) is 6.54. The van der Waals surface area contributed by atoms with Crippen molar-refractivity contribution in [3.63, 3.8) is 0 Å². The van der Waals surface area contributed by atoms with Crippen LogP contribution in [0.1, 0.15) is 29.9 Å². The lowest BCUT2D eigenvalue weighted by Crippen LogP contribution is -2.38. The monoisotopic (exact) mass is 485 g/mol. The summed E-state index contributed by atoms with van der Waals surface area (Å²) < 4.78 is 27.9. The van der Waals surface area contributed by atoms with E-state index in [1.165, 1.54) is 13.2 Å². The summed E-state index contributed by atoms with van der Waals surface area (Å²) in [7, 11) is 1.41. The number of anilines is 2. The van der Waals surface area contributed by atoms with Crippen molar-refractivity contribution in [1.29, 1.82) is 0 Å². The average molecular weight is 486 g/mol. The first-order valence-electron chi connectivity index (χ1n) is 11.8. The summed E-state index contributed by atoms with van der Waals surface area (Å²) in [5.74, 6) is -0.166. The molecule has 0 radical (unpaired) electrons. The number of carbonyl (C=O) groups excluding carboxylic acids is 1. The molecule has 2 aliphatic heterocycles. The minimum atomic E-state index is -0.501. The van der Waals surface area contributed by atoms with Crippen molar-refractivity contribution in [2.45, 2.75) is 25.5 Å². The van der Waals surface area contributed by atoms with E-state index in [4.69, 9.17) is 14.5 Å². The number of fused-ring (bicyclic) bond motifs is 3. The summed E-state index contributed by atoms with van der Waals surface area (Å²) in [6.07, 6.45) is 8.24. The lowest BCUT2D eigenvalue weighted by atomic mass is 10.0. The fourth-order valence-corrected chi connectivity index (χ4v) is 4.86. The van der Waals surface area contributed by atoms with E-state index in [1.54, 1.807) is 24.4 Å². The van der Waals surface area contributed by atoms with E-state index in [0.717, 1.165) is 11.1 Å². The van der Waals surface area contributed by atoms with Gasteiger partial charge in [0.2, 0.25) is 5.88 Å². The molecule has 3 aromatic heterocycles. The van der Waals surface area contributed by atoms with Crippen LogP contribution in [0.3, 0.4) is 0 Å². The molecule has 36 heavy (non-hydrogen) atoms. The largest absolute Gasteiger partial charge is 0.492 e. The minimum Gasteiger partial charge on any atom is -0.492 e. The Bertz CT molecular complexity index is 1530. The van der Waals surface area contributed by atoms with Gasteiger partial charge in [-0.25, -0.2) is 9.37 Å². The number of rotatable bonds is 3. The number of carbonyl (C=O) groups is 1. The fourth-order valence-electron chi connectivity index (χ4n) is 4.86. The zero-order valence-corrected chi connectivity index (χ0v) is 19.8. The predicted octanol–water partition coefficient (Wildman–Crippen LogP) is 5.00. The first kappa shape index (κ1) is 22.1. The number of benzene rings is 1. The van der Waals surface area contributed by atoms with Crippen molar-refractivity contribution in [3.05, 3.63) is 72.5 Å². The van der Waals surface area contributed by atoms with Gasteiger partial charge >= 0.3 is 0 Å². The second-order valence-electron chi connectivity index (χ2n) is 8.85. The Morgan fingerprint density at radius 2 is 2.11 bits per heavy atom. The number of halogens is 1. The molecule has 0 spiro atoms. The molecule has 0 saturated carbocycles. The van der Waals surface area contributed by atoms with Crippen LogP contribution in [0, 0.1) is 5.82 Å². The summed E-state index contributed by atoms with van der Waals surface area (Å²) in [6, 6.07) is 10.2. The number of para-hydroxylation sites is 1. The summed E-state index contributed by atoms with van der Waals surface area (Å²) in [6.45, 7) is 2.45. The Kier molecular flexibility index (Phi) is 5.32. The van der Waals surface area contributed by atoms with Crippen molar-refractivity contribution in [2.24, 2.45) is 0 Å². The maximum Gasteiger partial charge on any atom is 0.270 e. The number of nitrogens with zero attached hydrogens (tertiary/aromatic N) is 3. The fraction of sp³-hybridized carbons (Fsp3) is 0.222. The van der Waals surface area contributed by atoms with Crippen molar-refractivity contribution >= 4 is 28.3 Å². The molecule has 0 aliphatic carbocycles. The van der Waals surface area contributed by atoms with Gasteiger partial charge in [0, 0.05) is 36.1 Å². The molecule has 9 heteroatoms. The second-order valence-corrected chi connectivity index (χ2v) is 8.85. The number of allylic oxidation sites excluding steroid dienone is 1. The summed E-state index contributed by atoms with van der Waals surface area (Å²) in [5.41, 5.74) is 4.26. The van der Waals surface area contributed by atoms with Crippen molar-refractivity contribution in [1.82, 2.24) is 19.9 Å². The van der Waals surface area contributed by atoms with Gasteiger partial charge in [-0.2, -0.15) is 0 Å². The van der Waals surface area contributed by atoms with E-state index in [9.17, 15) is 9.18 Å². The molecule has 1 aromatic carbocycles. The Morgan fingerprint density at radius 1 is 1.22 bits per heavy atom. The zero-order valence-electron chi connectivity index (χ0n) is 19.8. The van der Waals surface area contributed by atoms with Gasteiger partial charge in [-0.15, -0.1) is 0 Å². The van der Waals surface area contributed by atoms with Crippen LogP contribution in [0.2, 0.25) is 0 Å². The maximum absolute atomic E-state index is 14.5. The predicted molar refractivity (Wildman–Crippen MR) is 134 cm³/mol. The molecule has 5 heterocycles. The number of ether oxygens (including phenoxy) is 2. The average Bonchev–Trinajstić information content (AvgIpc) is 3.25. The van der Waals surface area contributed by atoms with Crippen LogP contribution < -0.4 is 20.1 Å². The molecular weight excluding hydrogens is 461 g/mol. The number of hydrogen-bond donors (Lipinski definition) is 2. The van der Waals surface area contributed by atoms with Crippen LogP contribution in [-0.2, 0) is 0 Å². The number of aromatic nitrogens is 3. The number of nitrogens with one attached hydrogen (secondary N) is 2. The van der Waals surface area contributed by atoms with Gasteiger partial charge < -0.3 is 24.7 Å². The van der Waals surface area contributed by atoms with E-state index >= 15 is 0 Å². The molecule has 0 unspecified atom stereocenters. The van der Waals surface area contributed by atoms with E-state index in [1.807, 2.05) is 35.9 Å². The molecule has 182 valence electrons. The Labute approximate surface area is 206 Å². The smallest absolute Gasteiger partial charge is 0.270 e. The summed E-state index contributed by atoms with van der Waals surface area (Å²) >= 11 is 0. The molecule has 4 bridgehead atoms. The first-order chi connectivity index (χ1) is 17.5. The summed E-state index contributed by atoms with van der Waals surface area (Å²) in [5, 5.41) is 6.31. The third-order valence-electron chi connectivity index (χ3n) is 6.54. The van der Waals surface area contributed by atoms with Gasteiger partial charge in [0.15, 0.2) is 11.6 Å². The lowest BCUT2D eigenvalue weighted by Gasteiger charge is -2.26. The van der Waals surface area contributed by atoms with E-state index in [0.29, 0.717) is 46.9 Å². The lowest BCUT2D eigenvalue weighted by molar-refractivity contribution is 0.0916. The highest BCUT2D eigenvalue weighted by Gasteiger charge is 2.32. The molecule has 4 aromatic rings. The van der Waals surface area contributed by atoms with Gasteiger partial charge in [0.1, 0.15) is 17.3 Å². The molecule has 2 atom stereocenters. The van der Waals surface area contributed by atoms with E-state index in [2.05, 4.69) is 21.7 Å². The molecule has 6 rings (SSSR count). The molecule has 2 N–H and O–H groups in total. The standard InChI is InChI=1S/C27H24FN5O3/c1-15-5-3-6-16-13-30-27(34)25-24(31-21-8-4-7-19(28)26(21)35-2)18(14-33(16)25)17-11-12-29-20-9-10-22(36-15)32-23(17)20/h3-5,7-12,14-16,31H,6,13H2,1-2H3,(H,30,34)/b5-3-/t15-,16+/m1/s1. The second kappa shape index (κ2) is 8.67. The van der Waals surface area contributed by atoms with Crippen molar-refractivity contribution < 1.29 is 18.7 Å². The molecular formula is C27H24FN5O3. The topological polar surface area (TPSA) is 90.3 Å². The van der Waals surface area contributed by atoms with Gasteiger partial charge in [0.05, 0.1) is 30.0 Å². The highest BCUT2D eigenvalue weighted by molar-refractivity contribution is 6.06. The normalized spacial score (nSPS) is 19.5. The van der Waals surface area contributed by atoms with Crippen LogP contribution in [0.25, 0.3) is 22.2 Å². The van der Waals surface area contributed by atoms with Crippen molar-refractivity contribution in [3.8, 4) is 22.8 Å². The molecule has 0 fully saturated rings. The van der Waals surface area contributed by atoms with Crippen molar-refractivity contribution in [2.75, 3.05) is 19.0 Å².